The lowest BCUT2D eigenvalue weighted by molar-refractivity contribution is -0.200. The fourth-order valence-electron chi connectivity index (χ4n) is 2.86. The first kappa shape index (κ1) is 14.6. The van der Waals surface area contributed by atoms with E-state index in [2.05, 4.69) is 15.9 Å². The lowest BCUT2D eigenvalue weighted by Gasteiger charge is -2.21. The number of carbonyl (C=O) groups is 2. The minimum atomic E-state index is -0.421. The fraction of sp³-hybridized carbons (Fsp3) is 0.375. The van der Waals surface area contributed by atoms with Gasteiger partial charge in [-0.25, -0.2) is 4.79 Å². The molecule has 22 heavy (non-hydrogen) atoms. The van der Waals surface area contributed by atoms with Crippen LogP contribution in [0.4, 0.5) is 0 Å². The average molecular weight is 302 g/mol. The van der Waals surface area contributed by atoms with Gasteiger partial charge in [-0.3, -0.25) is 4.79 Å². The maximum atomic E-state index is 12.2. The molecule has 1 aliphatic heterocycles. The minimum absolute atomic E-state index is 0.0122. The van der Waals surface area contributed by atoms with Crippen molar-refractivity contribution in [3.8, 4) is 0 Å². The predicted octanol–water partition coefficient (Wildman–Crippen LogP) is 2.58. The van der Waals surface area contributed by atoms with Crippen LogP contribution in [0.25, 0.3) is 10.9 Å². The van der Waals surface area contributed by atoms with Gasteiger partial charge in [-0.2, -0.15) is 0 Å². The number of H-pyrrole nitrogens is 1. The molecule has 1 saturated heterocycles. The molecule has 0 amide bonds. The third-order valence-corrected chi connectivity index (χ3v) is 4.20. The van der Waals surface area contributed by atoms with Crippen LogP contribution in [0.3, 0.4) is 0 Å². The number of benzene rings is 1. The summed E-state index contributed by atoms with van der Waals surface area (Å²) >= 11 is 0. The van der Waals surface area contributed by atoms with Gasteiger partial charge in [-0.05, 0) is 47.9 Å². The van der Waals surface area contributed by atoms with Crippen molar-refractivity contribution in [2.75, 3.05) is 0 Å². The van der Waals surface area contributed by atoms with Crippen LogP contribution in [0.15, 0.2) is 30.5 Å². The highest BCUT2D eigenvalue weighted by Crippen LogP contribution is 2.31. The Morgan fingerprint density at radius 3 is 2.95 bits per heavy atom. The van der Waals surface area contributed by atoms with Crippen molar-refractivity contribution in [2.24, 2.45) is 5.92 Å². The van der Waals surface area contributed by atoms with Crippen LogP contribution in [0, 0.1) is 5.92 Å². The van der Waals surface area contributed by atoms with E-state index < -0.39 is 11.9 Å². The lowest BCUT2D eigenvalue weighted by Crippen LogP contribution is -2.28. The Morgan fingerprint density at radius 2 is 2.09 bits per heavy atom. The summed E-state index contributed by atoms with van der Waals surface area (Å²) in [5, 5.41) is 1.11. The van der Waals surface area contributed by atoms with Crippen molar-refractivity contribution < 1.29 is 19.3 Å². The average Bonchev–Trinajstić information content (AvgIpc) is 2.99. The minimum Gasteiger partial charge on any atom is -0.361 e. The molecule has 6 nitrogen and oxygen atoms in total. The molecule has 1 aliphatic rings. The van der Waals surface area contributed by atoms with E-state index >= 15 is 0 Å². The molecular weight excluding hydrogens is 284 g/mol. The van der Waals surface area contributed by atoms with E-state index in [4.69, 9.17) is 4.84 Å². The summed E-state index contributed by atoms with van der Waals surface area (Å²) in [5.41, 5.74) is 4.12. The summed E-state index contributed by atoms with van der Waals surface area (Å²) in [7, 11) is 0. The van der Waals surface area contributed by atoms with Gasteiger partial charge < -0.3 is 14.7 Å². The van der Waals surface area contributed by atoms with Gasteiger partial charge in [0, 0.05) is 23.8 Å². The molecule has 0 spiro atoms. The van der Waals surface area contributed by atoms with Crippen molar-refractivity contribution in [3.05, 3.63) is 36.0 Å². The molecule has 2 atom stereocenters. The van der Waals surface area contributed by atoms with Crippen LogP contribution in [0.2, 0.25) is 0 Å². The molecule has 116 valence electrons. The molecule has 0 bridgehead atoms. The normalized spacial score (nSPS) is 21.4. The number of fused-ring (bicyclic) bond motifs is 1. The largest absolute Gasteiger partial charge is 0.361 e. The zero-order chi connectivity index (χ0) is 15.5. The summed E-state index contributed by atoms with van der Waals surface area (Å²) in [6, 6.07) is 8.09. The van der Waals surface area contributed by atoms with Crippen LogP contribution >= 0.6 is 0 Å². The monoisotopic (exact) mass is 302 g/mol. The summed E-state index contributed by atoms with van der Waals surface area (Å²) in [6.07, 6.45) is 3.34. The topological polar surface area (TPSA) is 80.4 Å². The van der Waals surface area contributed by atoms with Gasteiger partial charge in [0.05, 0.1) is 5.92 Å². The van der Waals surface area contributed by atoms with Gasteiger partial charge in [0.25, 0.3) is 0 Å². The number of hydrogen-bond donors (Lipinski definition) is 2. The maximum absolute atomic E-state index is 12.2. The van der Waals surface area contributed by atoms with Crippen molar-refractivity contribution >= 4 is 22.8 Å². The highest BCUT2D eigenvalue weighted by atomic mass is 16.9. The quantitative estimate of drug-likeness (QED) is 0.891. The predicted molar refractivity (Wildman–Crippen MR) is 79.4 cm³/mol. The van der Waals surface area contributed by atoms with Gasteiger partial charge in [-0.15, -0.1) is 0 Å². The number of aromatic nitrogens is 1. The molecule has 1 aromatic heterocycles. The second-order valence-corrected chi connectivity index (χ2v) is 5.59. The van der Waals surface area contributed by atoms with Gasteiger partial charge in [-0.1, -0.05) is 13.0 Å². The molecule has 3 rings (SSSR count). The van der Waals surface area contributed by atoms with E-state index in [0.717, 1.165) is 16.5 Å². The van der Waals surface area contributed by atoms with Crippen molar-refractivity contribution in [1.82, 2.24) is 10.6 Å². The molecule has 2 N–H and O–H groups in total. The van der Waals surface area contributed by atoms with E-state index in [1.165, 1.54) is 0 Å². The smallest absolute Gasteiger partial charge is 0.332 e. The third kappa shape index (κ3) is 2.96. The van der Waals surface area contributed by atoms with Crippen LogP contribution in [0.5, 0.6) is 0 Å². The molecule has 2 heterocycles. The van der Waals surface area contributed by atoms with Gasteiger partial charge in [0.15, 0.2) is 0 Å². The van der Waals surface area contributed by atoms with Crippen LogP contribution in [-0.4, -0.2) is 16.9 Å². The summed E-state index contributed by atoms with van der Waals surface area (Å²) in [4.78, 5) is 36.0. The molecule has 2 aromatic rings. The molecule has 0 radical (unpaired) electrons. The third-order valence-electron chi connectivity index (χ3n) is 4.20. The first-order valence-corrected chi connectivity index (χ1v) is 7.37. The summed E-state index contributed by atoms with van der Waals surface area (Å²) in [6.45, 7) is 2.00. The van der Waals surface area contributed by atoms with E-state index in [-0.39, 0.29) is 18.3 Å². The standard InChI is InChI=1S/C16H18N2O4/c1-10(11-5-6-14-12(9-11)7-8-17-14)13-3-2-4-15(19)21-18-22-16(13)20/h5-10,13,17-18H,2-4H2,1H3. The Balaban J connectivity index is 1.82. The Hall–Kier alpha value is -2.34. The van der Waals surface area contributed by atoms with E-state index in [1.807, 2.05) is 37.0 Å². The molecule has 0 aliphatic carbocycles. The second kappa shape index (κ2) is 6.19. The second-order valence-electron chi connectivity index (χ2n) is 5.59. The Bertz CT molecular complexity index is 694. The number of hydrogen-bond acceptors (Lipinski definition) is 5. The molecular formula is C16H18N2O4. The first-order chi connectivity index (χ1) is 10.6. The van der Waals surface area contributed by atoms with E-state index in [1.54, 1.807) is 0 Å². The first-order valence-electron chi connectivity index (χ1n) is 7.37. The van der Waals surface area contributed by atoms with E-state index in [9.17, 15) is 9.59 Å². The Kier molecular flexibility index (Phi) is 4.11. The summed E-state index contributed by atoms with van der Waals surface area (Å²) < 4.78 is 0. The van der Waals surface area contributed by atoms with Crippen LogP contribution in [-0.2, 0) is 19.3 Å². The maximum Gasteiger partial charge on any atom is 0.332 e. The van der Waals surface area contributed by atoms with Crippen LogP contribution < -0.4 is 5.64 Å². The highest BCUT2D eigenvalue weighted by molar-refractivity contribution is 5.80. The van der Waals surface area contributed by atoms with Crippen molar-refractivity contribution in [1.29, 1.82) is 0 Å². The zero-order valence-corrected chi connectivity index (χ0v) is 12.3. The van der Waals surface area contributed by atoms with E-state index in [0.29, 0.717) is 12.8 Å². The van der Waals surface area contributed by atoms with Crippen molar-refractivity contribution in [2.45, 2.75) is 32.1 Å². The Labute approximate surface area is 127 Å². The Morgan fingerprint density at radius 1 is 1.23 bits per heavy atom. The van der Waals surface area contributed by atoms with Crippen LogP contribution in [0.1, 0.15) is 37.7 Å². The number of rotatable bonds is 2. The SMILES string of the molecule is CC(c1ccc2[nH]ccc2c1)C1CCCC(=O)ONOC1=O. The highest BCUT2D eigenvalue weighted by Gasteiger charge is 2.29. The van der Waals surface area contributed by atoms with Gasteiger partial charge >= 0.3 is 11.9 Å². The number of aromatic amines is 1. The molecule has 1 fully saturated rings. The zero-order valence-electron chi connectivity index (χ0n) is 12.3. The van der Waals surface area contributed by atoms with Crippen molar-refractivity contribution in [3.63, 3.8) is 0 Å². The lowest BCUT2D eigenvalue weighted by atomic mass is 9.84. The van der Waals surface area contributed by atoms with Gasteiger partial charge in [0.2, 0.25) is 0 Å². The molecule has 2 unspecified atom stereocenters. The number of carbonyl (C=O) groups excluding carboxylic acids is 2. The molecule has 0 saturated carbocycles. The molecule has 6 heteroatoms. The molecule has 1 aromatic carbocycles. The van der Waals surface area contributed by atoms with Gasteiger partial charge in [0.1, 0.15) is 0 Å². The summed E-state index contributed by atoms with van der Waals surface area (Å²) in [5.74, 6) is -1.16. The fourth-order valence-corrected chi connectivity index (χ4v) is 2.86. The number of nitrogens with one attached hydrogen (secondary N) is 2.